The Bertz CT molecular complexity index is 661. The molecule has 1 saturated heterocycles. The standard InChI is InChI=1S/C19H23N3O/c1-15-4-6-16(7-5-15)13-19(23)21-14-17-8-9-20-18(12-17)22-10-2-3-11-22/h4-9,12H,2-3,10-11,13-14H2,1H3,(H,21,23). The highest BCUT2D eigenvalue weighted by molar-refractivity contribution is 5.78. The average Bonchev–Trinajstić information content (AvgIpc) is 3.10. The van der Waals surface area contributed by atoms with Crippen molar-refractivity contribution in [3.63, 3.8) is 0 Å². The van der Waals surface area contributed by atoms with Crippen LogP contribution < -0.4 is 10.2 Å². The van der Waals surface area contributed by atoms with E-state index in [1.807, 2.05) is 43.5 Å². The lowest BCUT2D eigenvalue weighted by atomic mass is 10.1. The highest BCUT2D eigenvalue weighted by Gasteiger charge is 2.13. The van der Waals surface area contributed by atoms with E-state index in [1.54, 1.807) is 0 Å². The maximum atomic E-state index is 12.1. The van der Waals surface area contributed by atoms with E-state index in [-0.39, 0.29) is 5.91 Å². The van der Waals surface area contributed by atoms with Crippen molar-refractivity contribution in [1.29, 1.82) is 0 Å². The van der Waals surface area contributed by atoms with Gasteiger partial charge in [0, 0.05) is 25.8 Å². The van der Waals surface area contributed by atoms with Crippen molar-refractivity contribution in [3.8, 4) is 0 Å². The Morgan fingerprint density at radius 3 is 2.61 bits per heavy atom. The normalized spacial score (nSPS) is 14.0. The highest BCUT2D eigenvalue weighted by Crippen LogP contribution is 2.18. The topological polar surface area (TPSA) is 45.2 Å². The largest absolute Gasteiger partial charge is 0.357 e. The van der Waals surface area contributed by atoms with Crippen LogP contribution in [0.4, 0.5) is 5.82 Å². The minimum Gasteiger partial charge on any atom is -0.357 e. The molecule has 23 heavy (non-hydrogen) atoms. The number of anilines is 1. The number of pyridine rings is 1. The third-order valence-corrected chi connectivity index (χ3v) is 4.21. The van der Waals surface area contributed by atoms with E-state index in [2.05, 4.69) is 21.3 Å². The second-order valence-electron chi connectivity index (χ2n) is 6.16. The summed E-state index contributed by atoms with van der Waals surface area (Å²) in [4.78, 5) is 18.8. The van der Waals surface area contributed by atoms with Gasteiger partial charge in [0.05, 0.1) is 6.42 Å². The predicted octanol–water partition coefficient (Wildman–Crippen LogP) is 2.85. The number of rotatable bonds is 5. The number of hydrogen-bond donors (Lipinski definition) is 1. The van der Waals surface area contributed by atoms with Gasteiger partial charge in [-0.2, -0.15) is 0 Å². The first-order chi connectivity index (χ1) is 11.2. The van der Waals surface area contributed by atoms with Crippen molar-refractivity contribution in [2.45, 2.75) is 32.7 Å². The molecule has 0 bridgehead atoms. The quantitative estimate of drug-likeness (QED) is 0.924. The predicted molar refractivity (Wildman–Crippen MR) is 92.4 cm³/mol. The van der Waals surface area contributed by atoms with Crippen molar-refractivity contribution >= 4 is 11.7 Å². The van der Waals surface area contributed by atoms with Gasteiger partial charge in [0.25, 0.3) is 0 Å². The molecule has 1 aliphatic rings. The molecule has 120 valence electrons. The zero-order valence-electron chi connectivity index (χ0n) is 13.6. The number of carbonyl (C=O) groups is 1. The van der Waals surface area contributed by atoms with Gasteiger partial charge in [0.2, 0.25) is 5.91 Å². The Balaban J connectivity index is 1.54. The van der Waals surface area contributed by atoms with E-state index in [0.29, 0.717) is 13.0 Å². The van der Waals surface area contributed by atoms with Gasteiger partial charge in [0.1, 0.15) is 5.82 Å². The summed E-state index contributed by atoms with van der Waals surface area (Å²) in [5.41, 5.74) is 3.35. The molecule has 1 aliphatic heterocycles. The lowest BCUT2D eigenvalue weighted by molar-refractivity contribution is -0.120. The van der Waals surface area contributed by atoms with Crippen LogP contribution in [0.15, 0.2) is 42.6 Å². The van der Waals surface area contributed by atoms with Crippen molar-refractivity contribution < 1.29 is 4.79 Å². The van der Waals surface area contributed by atoms with Gasteiger partial charge in [-0.1, -0.05) is 29.8 Å². The molecule has 0 aliphatic carbocycles. The number of carbonyl (C=O) groups excluding carboxylic acids is 1. The minimum absolute atomic E-state index is 0.0494. The third-order valence-electron chi connectivity index (χ3n) is 4.21. The van der Waals surface area contributed by atoms with Gasteiger partial charge in [-0.3, -0.25) is 4.79 Å². The summed E-state index contributed by atoms with van der Waals surface area (Å²) in [6, 6.07) is 12.1. The monoisotopic (exact) mass is 309 g/mol. The molecule has 1 amide bonds. The second-order valence-corrected chi connectivity index (χ2v) is 6.16. The number of nitrogens with one attached hydrogen (secondary N) is 1. The van der Waals surface area contributed by atoms with Crippen molar-refractivity contribution in [3.05, 3.63) is 59.3 Å². The summed E-state index contributed by atoms with van der Waals surface area (Å²) < 4.78 is 0. The summed E-state index contributed by atoms with van der Waals surface area (Å²) in [5.74, 6) is 1.07. The fourth-order valence-corrected chi connectivity index (χ4v) is 2.84. The van der Waals surface area contributed by atoms with E-state index in [9.17, 15) is 4.79 Å². The average molecular weight is 309 g/mol. The first kappa shape index (κ1) is 15.5. The lowest BCUT2D eigenvalue weighted by Gasteiger charge is -2.17. The minimum atomic E-state index is 0.0494. The molecule has 3 rings (SSSR count). The summed E-state index contributed by atoms with van der Waals surface area (Å²) in [5, 5.41) is 2.99. The number of nitrogens with zero attached hydrogens (tertiary/aromatic N) is 2. The van der Waals surface area contributed by atoms with E-state index in [4.69, 9.17) is 0 Å². The van der Waals surface area contributed by atoms with Crippen LogP contribution in [0.2, 0.25) is 0 Å². The molecule has 0 atom stereocenters. The molecule has 1 aromatic carbocycles. The molecule has 2 heterocycles. The third kappa shape index (κ3) is 4.31. The number of benzene rings is 1. The van der Waals surface area contributed by atoms with Gasteiger partial charge < -0.3 is 10.2 Å². The van der Waals surface area contributed by atoms with E-state index in [1.165, 1.54) is 18.4 Å². The van der Waals surface area contributed by atoms with E-state index in [0.717, 1.165) is 30.0 Å². The van der Waals surface area contributed by atoms with Gasteiger partial charge >= 0.3 is 0 Å². The molecule has 0 saturated carbocycles. The van der Waals surface area contributed by atoms with Crippen LogP contribution in [-0.4, -0.2) is 24.0 Å². The van der Waals surface area contributed by atoms with Crippen LogP contribution in [-0.2, 0) is 17.8 Å². The smallest absolute Gasteiger partial charge is 0.224 e. The molecular formula is C19H23N3O. The van der Waals surface area contributed by atoms with Crippen molar-refractivity contribution in [2.75, 3.05) is 18.0 Å². The SMILES string of the molecule is Cc1ccc(CC(=O)NCc2ccnc(N3CCCC3)c2)cc1. The molecule has 2 aromatic rings. The Hall–Kier alpha value is -2.36. The molecule has 1 aromatic heterocycles. The second kappa shape index (κ2) is 7.27. The number of aryl methyl sites for hydroxylation is 1. The lowest BCUT2D eigenvalue weighted by Crippen LogP contribution is -2.25. The Labute approximate surface area is 137 Å². The maximum absolute atomic E-state index is 12.1. The molecule has 4 heteroatoms. The first-order valence-electron chi connectivity index (χ1n) is 8.23. The fraction of sp³-hybridized carbons (Fsp3) is 0.368. The van der Waals surface area contributed by atoms with Crippen LogP contribution in [0.5, 0.6) is 0 Å². The number of aromatic nitrogens is 1. The Kier molecular flexibility index (Phi) is 4.91. The molecule has 0 radical (unpaired) electrons. The summed E-state index contributed by atoms with van der Waals surface area (Å²) >= 11 is 0. The molecule has 0 spiro atoms. The van der Waals surface area contributed by atoms with Gasteiger partial charge in [0.15, 0.2) is 0 Å². The molecule has 4 nitrogen and oxygen atoms in total. The van der Waals surface area contributed by atoms with Crippen LogP contribution in [0.1, 0.15) is 29.5 Å². The van der Waals surface area contributed by atoms with Crippen LogP contribution in [0.3, 0.4) is 0 Å². The summed E-state index contributed by atoms with van der Waals surface area (Å²) in [6.45, 7) is 4.76. The van der Waals surface area contributed by atoms with E-state index < -0.39 is 0 Å². The first-order valence-corrected chi connectivity index (χ1v) is 8.23. The van der Waals surface area contributed by atoms with Crippen molar-refractivity contribution in [1.82, 2.24) is 10.3 Å². The zero-order chi connectivity index (χ0) is 16.1. The molecule has 0 unspecified atom stereocenters. The highest BCUT2D eigenvalue weighted by atomic mass is 16.1. The fourth-order valence-electron chi connectivity index (χ4n) is 2.84. The van der Waals surface area contributed by atoms with Gasteiger partial charge in [-0.15, -0.1) is 0 Å². The van der Waals surface area contributed by atoms with Gasteiger partial charge in [-0.05, 0) is 43.0 Å². The zero-order valence-corrected chi connectivity index (χ0v) is 13.6. The number of amides is 1. The maximum Gasteiger partial charge on any atom is 0.224 e. The van der Waals surface area contributed by atoms with Crippen molar-refractivity contribution in [2.24, 2.45) is 0 Å². The number of hydrogen-bond acceptors (Lipinski definition) is 3. The Morgan fingerprint density at radius 1 is 1.13 bits per heavy atom. The molecule has 1 N–H and O–H groups in total. The summed E-state index contributed by atoms with van der Waals surface area (Å²) in [7, 11) is 0. The Morgan fingerprint density at radius 2 is 1.87 bits per heavy atom. The van der Waals surface area contributed by atoms with Gasteiger partial charge in [-0.25, -0.2) is 4.98 Å². The van der Waals surface area contributed by atoms with E-state index >= 15 is 0 Å². The van der Waals surface area contributed by atoms with Crippen LogP contribution in [0.25, 0.3) is 0 Å². The molecular weight excluding hydrogens is 286 g/mol. The van der Waals surface area contributed by atoms with Crippen LogP contribution in [0, 0.1) is 6.92 Å². The van der Waals surface area contributed by atoms with Crippen LogP contribution >= 0.6 is 0 Å². The molecule has 1 fully saturated rings. The summed E-state index contributed by atoms with van der Waals surface area (Å²) in [6.07, 6.45) is 4.72.